The number of carbonyl (C=O) groups excluding carboxylic acids is 1. The minimum atomic E-state index is -0.0200. The summed E-state index contributed by atoms with van der Waals surface area (Å²) >= 11 is 1.36. The number of nitrogens with zero attached hydrogens (tertiary/aromatic N) is 4. The molecule has 2 aromatic heterocycles. The van der Waals surface area contributed by atoms with E-state index in [2.05, 4.69) is 41.2 Å². The fraction of sp³-hybridized carbons (Fsp3) is 0.167. The highest BCUT2D eigenvalue weighted by Gasteiger charge is 2.20. The molecule has 1 aliphatic heterocycles. The number of benzene rings is 2. The number of aromatic nitrogens is 4. The molecule has 0 spiro atoms. The van der Waals surface area contributed by atoms with Crippen LogP contribution >= 0.6 is 11.8 Å². The molecule has 8 heteroatoms. The lowest BCUT2D eigenvalue weighted by Gasteiger charge is -2.12. The molecule has 0 aliphatic carbocycles. The van der Waals surface area contributed by atoms with Gasteiger partial charge in [0.25, 0.3) is 0 Å². The highest BCUT2D eigenvalue weighted by molar-refractivity contribution is 7.99. The van der Waals surface area contributed by atoms with Crippen molar-refractivity contribution in [1.29, 1.82) is 0 Å². The monoisotopic (exact) mass is 444 g/mol. The number of ketones is 1. The number of hydrogen-bond acceptors (Lipinski definition) is 7. The summed E-state index contributed by atoms with van der Waals surface area (Å²) < 4.78 is 12.7. The van der Waals surface area contributed by atoms with Gasteiger partial charge in [0.1, 0.15) is 0 Å². The van der Waals surface area contributed by atoms with E-state index < -0.39 is 0 Å². The lowest BCUT2D eigenvalue weighted by Crippen LogP contribution is -2.05. The lowest BCUT2D eigenvalue weighted by atomic mass is 10.1. The van der Waals surface area contributed by atoms with Crippen LogP contribution in [0.2, 0.25) is 0 Å². The molecule has 1 aliphatic rings. The number of thioether (sulfide) groups is 1. The second-order valence-corrected chi connectivity index (χ2v) is 8.37. The summed E-state index contributed by atoms with van der Waals surface area (Å²) in [7, 11) is 0. The Morgan fingerprint density at radius 2 is 1.78 bits per heavy atom. The van der Waals surface area contributed by atoms with E-state index in [0.29, 0.717) is 28.0 Å². The number of fused-ring (bicyclic) bond motifs is 1. The van der Waals surface area contributed by atoms with Crippen molar-refractivity contribution in [2.45, 2.75) is 19.0 Å². The average molecular weight is 445 g/mol. The highest BCUT2D eigenvalue weighted by atomic mass is 32.2. The largest absolute Gasteiger partial charge is 0.454 e. The highest BCUT2D eigenvalue weighted by Crippen LogP contribution is 2.33. The first-order chi connectivity index (χ1) is 15.6. The van der Waals surface area contributed by atoms with Gasteiger partial charge in [0.2, 0.25) is 6.79 Å². The molecule has 3 heterocycles. The van der Waals surface area contributed by atoms with E-state index in [9.17, 15) is 4.79 Å². The van der Waals surface area contributed by atoms with E-state index in [1.54, 1.807) is 30.6 Å². The van der Waals surface area contributed by atoms with E-state index in [4.69, 9.17) is 9.47 Å². The normalized spacial score (nSPS) is 12.2. The van der Waals surface area contributed by atoms with Crippen LogP contribution < -0.4 is 9.47 Å². The molecule has 0 N–H and O–H groups in total. The van der Waals surface area contributed by atoms with Gasteiger partial charge < -0.3 is 9.47 Å². The zero-order valence-electron chi connectivity index (χ0n) is 17.6. The third kappa shape index (κ3) is 3.85. The summed E-state index contributed by atoms with van der Waals surface area (Å²) in [5, 5.41) is 9.48. The van der Waals surface area contributed by atoms with Gasteiger partial charge in [0, 0.05) is 23.5 Å². The number of ether oxygens (including phenoxy) is 2. The maximum atomic E-state index is 12.9. The summed E-state index contributed by atoms with van der Waals surface area (Å²) in [5.41, 5.74) is 4.81. The van der Waals surface area contributed by atoms with Gasteiger partial charge in [-0.25, -0.2) is 0 Å². The van der Waals surface area contributed by atoms with Crippen LogP contribution in [0.1, 0.15) is 21.5 Å². The van der Waals surface area contributed by atoms with Crippen LogP contribution in [0.5, 0.6) is 11.5 Å². The van der Waals surface area contributed by atoms with Crippen LogP contribution in [0.15, 0.2) is 66.1 Å². The van der Waals surface area contributed by atoms with Crippen molar-refractivity contribution in [2.75, 3.05) is 12.5 Å². The number of rotatable bonds is 6. The SMILES string of the molecule is Cc1ccc(-n2c(SCC(=O)c3ccc4c(c3)OCO4)nnc2-c2ccncc2)cc1C. The Bertz CT molecular complexity index is 1300. The van der Waals surface area contributed by atoms with Crippen LogP contribution in [0, 0.1) is 13.8 Å². The molecule has 7 nitrogen and oxygen atoms in total. The third-order valence-corrected chi connectivity index (χ3v) is 6.28. The van der Waals surface area contributed by atoms with Crippen molar-refractivity contribution in [3.05, 3.63) is 77.6 Å². The molecule has 2 aromatic carbocycles. The Hall–Kier alpha value is -3.65. The van der Waals surface area contributed by atoms with E-state index in [1.807, 2.05) is 22.8 Å². The molecule has 160 valence electrons. The summed E-state index contributed by atoms with van der Waals surface area (Å²) in [4.78, 5) is 17.0. The lowest BCUT2D eigenvalue weighted by molar-refractivity contribution is 0.102. The number of Topliss-reactive ketones (excluding diaryl/α,β-unsaturated/α-hetero) is 1. The number of hydrogen-bond donors (Lipinski definition) is 0. The van der Waals surface area contributed by atoms with E-state index >= 15 is 0 Å². The quantitative estimate of drug-likeness (QED) is 0.316. The number of pyridine rings is 1. The molecule has 0 radical (unpaired) electrons. The Balaban J connectivity index is 1.46. The van der Waals surface area contributed by atoms with Crippen molar-refractivity contribution >= 4 is 17.5 Å². The first-order valence-electron chi connectivity index (χ1n) is 10.1. The molecule has 0 fully saturated rings. The van der Waals surface area contributed by atoms with Gasteiger partial charge in [-0.1, -0.05) is 17.8 Å². The number of carbonyl (C=O) groups is 1. The smallest absolute Gasteiger partial charge is 0.231 e. The average Bonchev–Trinajstić information content (AvgIpc) is 3.46. The predicted octanol–water partition coefficient (Wildman–Crippen LogP) is 4.65. The summed E-state index contributed by atoms with van der Waals surface area (Å²) in [6.07, 6.45) is 3.45. The Kier molecular flexibility index (Phi) is 5.36. The fourth-order valence-electron chi connectivity index (χ4n) is 3.43. The van der Waals surface area contributed by atoms with Gasteiger partial charge in [0.05, 0.1) is 11.4 Å². The van der Waals surface area contributed by atoms with Crippen LogP contribution in [0.25, 0.3) is 17.1 Å². The van der Waals surface area contributed by atoms with Gasteiger partial charge in [-0.2, -0.15) is 0 Å². The molecule has 32 heavy (non-hydrogen) atoms. The van der Waals surface area contributed by atoms with Crippen molar-refractivity contribution < 1.29 is 14.3 Å². The van der Waals surface area contributed by atoms with Crippen molar-refractivity contribution in [1.82, 2.24) is 19.7 Å². The van der Waals surface area contributed by atoms with Crippen molar-refractivity contribution in [3.63, 3.8) is 0 Å². The van der Waals surface area contributed by atoms with Crippen LogP contribution in [-0.2, 0) is 0 Å². The first kappa shape index (κ1) is 20.3. The zero-order chi connectivity index (χ0) is 22.1. The van der Waals surface area contributed by atoms with Gasteiger partial charge in [-0.15, -0.1) is 10.2 Å². The van der Waals surface area contributed by atoms with Crippen LogP contribution in [0.4, 0.5) is 0 Å². The van der Waals surface area contributed by atoms with Crippen LogP contribution in [0.3, 0.4) is 0 Å². The first-order valence-corrected chi connectivity index (χ1v) is 11.1. The van der Waals surface area contributed by atoms with E-state index in [1.165, 1.54) is 22.9 Å². The Morgan fingerprint density at radius 3 is 2.59 bits per heavy atom. The second kappa shape index (κ2) is 8.47. The number of aryl methyl sites for hydroxylation is 2. The molecule has 0 bridgehead atoms. The topological polar surface area (TPSA) is 79.1 Å². The Labute approximate surface area is 189 Å². The maximum absolute atomic E-state index is 12.9. The van der Waals surface area contributed by atoms with Gasteiger partial charge in [-0.3, -0.25) is 14.3 Å². The molecular weight excluding hydrogens is 424 g/mol. The zero-order valence-corrected chi connectivity index (χ0v) is 18.4. The van der Waals surface area contributed by atoms with E-state index in [-0.39, 0.29) is 18.3 Å². The van der Waals surface area contributed by atoms with Crippen molar-refractivity contribution in [3.8, 4) is 28.6 Å². The molecule has 0 atom stereocenters. The predicted molar refractivity (Wildman–Crippen MR) is 122 cm³/mol. The third-order valence-electron chi connectivity index (χ3n) is 5.35. The molecule has 5 rings (SSSR count). The van der Waals surface area contributed by atoms with Gasteiger partial charge in [-0.05, 0) is 67.4 Å². The summed E-state index contributed by atoms with van der Waals surface area (Å²) in [5.74, 6) is 2.16. The Morgan fingerprint density at radius 1 is 0.969 bits per heavy atom. The maximum Gasteiger partial charge on any atom is 0.231 e. The van der Waals surface area contributed by atoms with Crippen molar-refractivity contribution in [2.24, 2.45) is 0 Å². The standard InChI is InChI=1S/C24H20N4O3S/c1-15-3-5-19(11-16(15)2)28-23(17-7-9-25-10-8-17)26-27-24(28)32-13-20(29)18-4-6-21-22(12-18)31-14-30-21/h3-12H,13-14H2,1-2H3. The second-order valence-electron chi connectivity index (χ2n) is 7.43. The fourth-order valence-corrected chi connectivity index (χ4v) is 4.28. The molecule has 0 amide bonds. The minimum absolute atomic E-state index is 0.0200. The molecule has 0 saturated heterocycles. The summed E-state index contributed by atoms with van der Waals surface area (Å²) in [6, 6.07) is 15.3. The molecule has 0 unspecified atom stereocenters. The minimum Gasteiger partial charge on any atom is -0.454 e. The molecule has 4 aromatic rings. The van der Waals surface area contributed by atoms with E-state index in [0.717, 1.165) is 11.3 Å². The summed E-state index contributed by atoms with van der Waals surface area (Å²) in [6.45, 7) is 4.33. The molecular formula is C24H20N4O3S. The molecule has 0 saturated carbocycles. The van der Waals surface area contributed by atoms with Gasteiger partial charge in [0.15, 0.2) is 28.3 Å². The van der Waals surface area contributed by atoms with Gasteiger partial charge >= 0.3 is 0 Å². The van der Waals surface area contributed by atoms with Crippen LogP contribution in [-0.4, -0.2) is 38.1 Å².